The van der Waals surface area contributed by atoms with E-state index >= 15 is 0 Å². The molecular formula is C18H20FN3O4S. The number of halogens is 1. The molecule has 0 spiro atoms. The first-order chi connectivity index (χ1) is 12.7. The molecule has 0 bridgehead atoms. The summed E-state index contributed by atoms with van der Waals surface area (Å²) in [5, 5.41) is 7.48. The smallest absolute Gasteiger partial charge is 0.244 e. The van der Waals surface area contributed by atoms with Gasteiger partial charge >= 0.3 is 0 Å². The van der Waals surface area contributed by atoms with Crippen molar-refractivity contribution in [2.45, 2.75) is 18.2 Å². The van der Waals surface area contributed by atoms with E-state index in [2.05, 4.69) is 5.32 Å². The Balaban J connectivity index is 1.96. The Morgan fingerprint density at radius 1 is 1.11 bits per heavy atom. The molecule has 0 aliphatic rings. The number of nitrogens with zero attached hydrogens (tertiary/aromatic N) is 1. The highest BCUT2D eigenvalue weighted by Gasteiger charge is 2.15. The molecule has 9 heteroatoms. The predicted octanol–water partition coefficient (Wildman–Crippen LogP) is 1.50. The fourth-order valence-electron chi connectivity index (χ4n) is 2.38. The zero-order valence-corrected chi connectivity index (χ0v) is 15.5. The average Bonchev–Trinajstić information content (AvgIpc) is 2.60. The molecule has 0 saturated heterocycles. The van der Waals surface area contributed by atoms with Gasteiger partial charge in [-0.2, -0.15) is 0 Å². The highest BCUT2D eigenvalue weighted by Crippen LogP contribution is 2.13. The van der Waals surface area contributed by atoms with Crippen LogP contribution in [-0.4, -0.2) is 38.2 Å². The van der Waals surface area contributed by atoms with Crippen molar-refractivity contribution in [1.29, 1.82) is 0 Å². The number of sulfonamides is 1. The lowest BCUT2D eigenvalue weighted by molar-refractivity contribution is -0.132. The monoisotopic (exact) mass is 393 g/mol. The van der Waals surface area contributed by atoms with Crippen LogP contribution in [0.15, 0.2) is 53.4 Å². The lowest BCUT2D eigenvalue weighted by Gasteiger charge is -2.20. The van der Waals surface area contributed by atoms with Crippen LogP contribution in [0, 0.1) is 5.82 Å². The summed E-state index contributed by atoms with van der Waals surface area (Å²) in [6.07, 6.45) is 0.414. The normalized spacial score (nSPS) is 11.1. The second kappa shape index (κ2) is 8.74. The second-order valence-electron chi connectivity index (χ2n) is 5.91. The van der Waals surface area contributed by atoms with Gasteiger partial charge < -0.3 is 10.2 Å². The van der Waals surface area contributed by atoms with Gasteiger partial charge in [0, 0.05) is 13.5 Å². The molecule has 2 aromatic carbocycles. The molecule has 3 N–H and O–H groups in total. The topological polar surface area (TPSA) is 110 Å². The zero-order chi connectivity index (χ0) is 20.0. The zero-order valence-electron chi connectivity index (χ0n) is 14.7. The Morgan fingerprint density at radius 3 is 2.30 bits per heavy atom. The summed E-state index contributed by atoms with van der Waals surface area (Å²) < 4.78 is 36.1. The maximum Gasteiger partial charge on any atom is 0.244 e. The van der Waals surface area contributed by atoms with Crippen molar-refractivity contribution in [3.63, 3.8) is 0 Å². The van der Waals surface area contributed by atoms with Crippen LogP contribution in [0.5, 0.6) is 0 Å². The van der Waals surface area contributed by atoms with Crippen molar-refractivity contribution in [1.82, 2.24) is 4.90 Å². The summed E-state index contributed by atoms with van der Waals surface area (Å²) in [5.74, 6) is -1.38. The van der Waals surface area contributed by atoms with E-state index < -0.39 is 21.7 Å². The number of primary sulfonamides is 1. The number of hydrogen-bond acceptors (Lipinski definition) is 4. The predicted molar refractivity (Wildman–Crippen MR) is 98.8 cm³/mol. The van der Waals surface area contributed by atoms with Crippen LogP contribution in [0.25, 0.3) is 0 Å². The molecule has 27 heavy (non-hydrogen) atoms. The van der Waals surface area contributed by atoms with E-state index in [9.17, 15) is 22.4 Å². The molecule has 0 saturated carbocycles. The number of para-hydroxylation sites is 1. The number of carbonyl (C=O) groups is 2. The van der Waals surface area contributed by atoms with Crippen LogP contribution < -0.4 is 10.5 Å². The summed E-state index contributed by atoms with van der Waals surface area (Å²) >= 11 is 0. The maximum absolute atomic E-state index is 13.6. The second-order valence-corrected chi connectivity index (χ2v) is 7.47. The van der Waals surface area contributed by atoms with Gasteiger partial charge in [-0.15, -0.1) is 0 Å². The highest BCUT2D eigenvalue weighted by atomic mass is 32.2. The number of amides is 2. The van der Waals surface area contributed by atoms with Crippen molar-refractivity contribution < 1.29 is 22.4 Å². The van der Waals surface area contributed by atoms with Crippen LogP contribution in [0.4, 0.5) is 10.1 Å². The summed E-state index contributed by atoms with van der Waals surface area (Å²) in [5.41, 5.74) is 0.827. The van der Waals surface area contributed by atoms with Crippen molar-refractivity contribution in [3.05, 3.63) is 59.9 Å². The van der Waals surface area contributed by atoms with Gasteiger partial charge in [-0.3, -0.25) is 9.59 Å². The summed E-state index contributed by atoms with van der Waals surface area (Å²) in [6, 6.07) is 11.7. The molecule has 0 aliphatic heterocycles. The van der Waals surface area contributed by atoms with Gasteiger partial charge in [-0.05, 0) is 36.2 Å². The molecule has 0 fully saturated rings. The maximum atomic E-state index is 13.6. The summed E-state index contributed by atoms with van der Waals surface area (Å²) in [7, 11) is -3.76. The molecule has 0 atom stereocenters. The van der Waals surface area contributed by atoms with Crippen LogP contribution in [0.3, 0.4) is 0 Å². The van der Waals surface area contributed by atoms with Crippen LogP contribution in [0.2, 0.25) is 0 Å². The number of nitrogens with two attached hydrogens (primary N) is 1. The van der Waals surface area contributed by atoms with E-state index in [1.807, 2.05) is 0 Å². The fourth-order valence-corrected chi connectivity index (χ4v) is 2.90. The lowest BCUT2D eigenvalue weighted by Crippen LogP contribution is -2.38. The first kappa shape index (κ1) is 20.5. The fraction of sp³-hybridized carbons (Fsp3) is 0.222. The molecule has 2 amide bonds. The SMILES string of the molecule is CC(=O)N(CCc1ccc(S(N)(=O)=O)cc1)CC(=O)Nc1ccccc1F. The molecule has 0 unspecified atom stereocenters. The van der Waals surface area contributed by atoms with Gasteiger partial charge in [0.2, 0.25) is 21.8 Å². The van der Waals surface area contributed by atoms with Crippen molar-refractivity contribution in [2.24, 2.45) is 5.14 Å². The van der Waals surface area contributed by atoms with Gasteiger partial charge in [-0.25, -0.2) is 17.9 Å². The molecule has 144 valence electrons. The third-order valence-corrected chi connectivity index (χ3v) is 4.78. The number of nitrogens with one attached hydrogen (secondary N) is 1. The molecule has 0 heterocycles. The van der Waals surface area contributed by atoms with Crippen molar-refractivity contribution in [2.75, 3.05) is 18.4 Å². The number of benzene rings is 2. The molecule has 0 aromatic heterocycles. The van der Waals surface area contributed by atoms with E-state index in [-0.39, 0.29) is 29.6 Å². The molecule has 0 aliphatic carbocycles. The lowest BCUT2D eigenvalue weighted by atomic mass is 10.1. The highest BCUT2D eigenvalue weighted by molar-refractivity contribution is 7.89. The van der Waals surface area contributed by atoms with E-state index in [1.54, 1.807) is 18.2 Å². The van der Waals surface area contributed by atoms with Crippen molar-refractivity contribution in [3.8, 4) is 0 Å². The standard InChI is InChI=1S/C18H20FN3O4S/c1-13(23)22(12-18(24)21-17-5-3-2-4-16(17)19)11-10-14-6-8-15(9-7-14)27(20,25)26/h2-9H,10-12H2,1H3,(H,21,24)(H2,20,25,26). The van der Waals surface area contributed by atoms with E-state index in [1.165, 1.54) is 42.2 Å². The quantitative estimate of drug-likeness (QED) is 0.743. The van der Waals surface area contributed by atoms with E-state index in [4.69, 9.17) is 5.14 Å². The first-order valence-electron chi connectivity index (χ1n) is 8.08. The number of hydrogen-bond donors (Lipinski definition) is 2. The molecule has 2 rings (SSSR count). The van der Waals surface area contributed by atoms with Crippen LogP contribution >= 0.6 is 0 Å². The van der Waals surface area contributed by atoms with Gasteiger partial charge in [0.15, 0.2) is 0 Å². The number of anilines is 1. The van der Waals surface area contributed by atoms with Gasteiger partial charge in [0.1, 0.15) is 5.82 Å². The molecule has 0 radical (unpaired) electrons. The van der Waals surface area contributed by atoms with Gasteiger partial charge in [0.05, 0.1) is 17.1 Å². The van der Waals surface area contributed by atoms with Gasteiger partial charge in [0.25, 0.3) is 0 Å². The Labute approximate surface area is 157 Å². The molecule has 7 nitrogen and oxygen atoms in total. The van der Waals surface area contributed by atoms with E-state index in [0.29, 0.717) is 6.42 Å². The minimum absolute atomic E-state index is 0.000982. The average molecular weight is 393 g/mol. The Bertz CT molecular complexity index is 930. The van der Waals surface area contributed by atoms with Gasteiger partial charge in [-0.1, -0.05) is 24.3 Å². The largest absolute Gasteiger partial charge is 0.333 e. The number of carbonyl (C=O) groups excluding carboxylic acids is 2. The molecule has 2 aromatic rings. The number of rotatable bonds is 7. The Kier molecular flexibility index (Phi) is 6.65. The third-order valence-electron chi connectivity index (χ3n) is 3.85. The minimum atomic E-state index is -3.76. The minimum Gasteiger partial charge on any atom is -0.333 e. The van der Waals surface area contributed by atoms with Crippen LogP contribution in [-0.2, 0) is 26.0 Å². The third kappa shape index (κ3) is 6.15. The van der Waals surface area contributed by atoms with Crippen molar-refractivity contribution >= 4 is 27.5 Å². The Hall–Kier alpha value is -2.78. The first-order valence-corrected chi connectivity index (χ1v) is 9.63. The summed E-state index contributed by atoms with van der Waals surface area (Å²) in [6.45, 7) is 1.36. The van der Waals surface area contributed by atoms with E-state index in [0.717, 1.165) is 5.56 Å². The Morgan fingerprint density at radius 2 is 1.74 bits per heavy atom. The molecular weight excluding hydrogens is 373 g/mol. The van der Waals surface area contributed by atoms with Crippen LogP contribution in [0.1, 0.15) is 12.5 Å². The summed E-state index contributed by atoms with van der Waals surface area (Å²) in [4.78, 5) is 25.2.